The molecule has 0 fully saturated rings. The van der Waals surface area contributed by atoms with Gasteiger partial charge in [0.25, 0.3) is 0 Å². The number of nitrogens with zero attached hydrogens (tertiary/aromatic N) is 2. The maximum Gasteiger partial charge on any atom is 0.301 e. The van der Waals surface area contributed by atoms with Gasteiger partial charge in [-0.25, -0.2) is 4.39 Å². The summed E-state index contributed by atoms with van der Waals surface area (Å²) in [6.45, 7) is 3.67. The number of thiol groups is 1. The number of hydrogen-bond donors (Lipinski definition) is 1. The van der Waals surface area contributed by atoms with E-state index < -0.39 is 22.8 Å². The summed E-state index contributed by atoms with van der Waals surface area (Å²) in [5.41, 5.74) is 1.65. The lowest BCUT2D eigenvalue weighted by Gasteiger charge is -2.12. The van der Waals surface area contributed by atoms with Gasteiger partial charge in [-0.15, -0.1) is 0 Å². The second-order valence-corrected chi connectivity index (χ2v) is 5.95. The zero-order valence-electron chi connectivity index (χ0n) is 10.1. The van der Waals surface area contributed by atoms with Crippen LogP contribution in [-0.2, 0) is 4.84 Å². The fraction of sp³-hybridized carbons (Fsp3) is 0.455. The summed E-state index contributed by atoms with van der Waals surface area (Å²) in [6, 6.07) is 0. The van der Waals surface area contributed by atoms with Crippen LogP contribution in [0, 0.1) is 0 Å². The fourth-order valence-corrected chi connectivity index (χ4v) is 2.73. The Kier molecular flexibility index (Phi) is 5.97. The molecule has 3 nitrogen and oxygen atoms in total. The first-order valence-electron chi connectivity index (χ1n) is 5.39. The van der Waals surface area contributed by atoms with E-state index in [0.717, 1.165) is 4.91 Å². The average molecular weight is 280 g/mol. The van der Waals surface area contributed by atoms with E-state index >= 15 is 0 Å². The minimum absolute atomic E-state index is 0.0311. The number of halogens is 3. The van der Waals surface area contributed by atoms with Gasteiger partial charge in [-0.2, -0.15) is 19.7 Å². The molecule has 0 aromatic heterocycles. The summed E-state index contributed by atoms with van der Waals surface area (Å²) in [6.07, 6.45) is 0.536. The number of oxime groups is 1. The standard InChI is InChI=1S/C11H15F3N2OS/c1-8(2)17-16-6-9-5-15-7-18(9)4-3-10(12)11(13)14/h5-8,18H,3-4H2,1-2H3/b16-6-. The van der Waals surface area contributed by atoms with Crippen molar-refractivity contribution < 1.29 is 18.0 Å². The van der Waals surface area contributed by atoms with Gasteiger partial charge in [0.05, 0.1) is 6.21 Å². The van der Waals surface area contributed by atoms with Crippen molar-refractivity contribution in [2.24, 2.45) is 10.1 Å². The molecule has 1 aliphatic rings. The highest BCUT2D eigenvalue weighted by molar-refractivity contribution is 8.32. The highest BCUT2D eigenvalue weighted by Gasteiger charge is 2.13. The molecule has 0 N–H and O–H groups in total. The third-order valence-corrected chi connectivity index (χ3v) is 3.99. The maximum atomic E-state index is 12.7. The van der Waals surface area contributed by atoms with Crippen LogP contribution in [-0.4, -0.2) is 23.6 Å². The molecule has 1 rings (SSSR count). The van der Waals surface area contributed by atoms with E-state index in [0.29, 0.717) is 5.75 Å². The topological polar surface area (TPSA) is 34.0 Å². The van der Waals surface area contributed by atoms with E-state index in [-0.39, 0.29) is 12.5 Å². The third-order valence-electron chi connectivity index (χ3n) is 1.98. The molecule has 0 spiro atoms. The van der Waals surface area contributed by atoms with Crippen molar-refractivity contribution in [2.45, 2.75) is 26.4 Å². The van der Waals surface area contributed by atoms with E-state index in [9.17, 15) is 13.2 Å². The molecule has 18 heavy (non-hydrogen) atoms. The first-order valence-corrected chi connectivity index (χ1v) is 6.99. The Hall–Kier alpha value is -1.24. The van der Waals surface area contributed by atoms with Crippen molar-refractivity contribution in [3.05, 3.63) is 23.0 Å². The monoisotopic (exact) mass is 280 g/mol. The Morgan fingerprint density at radius 1 is 1.50 bits per heavy atom. The first-order chi connectivity index (χ1) is 8.50. The number of hydrogen-bond acceptors (Lipinski definition) is 3. The van der Waals surface area contributed by atoms with E-state index in [1.165, 1.54) is 6.21 Å². The van der Waals surface area contributed by atoms with Gasteiger partial charge in [0.15, 0.2) is 5.83 Å². The van der Waals surface area contributed by atoms with E-state index in [4.69, 9.17) is 4.84 Å². The van der Waals surface area contributed by atoms with Crippen molar-refractivity contribution in [1.82, 2.24) is 0 Å². The average Bonchev–Trinajstić information content (AvgIpc) is 2.73. The maximum absolute atomic E-state index is 12.7. The van der Waals surface area contributed by atoms with E-state index in [1.807, 2.05) is 13.8 Å². The zero-order chi connectivity index (χ0) is 13.5. The molecular formula is C11H15F3N2OS. The van der Waals surface area contributed by atoms with Crippen molar-refractivity contribution in [3.8, 4) is 0 Å². The smallest absolute Gasteiger partial charge is 0.301 e. The van der Waals surface area contributed by atoms with Gasteiger partial charge in [0, 0.05) is 23.1 Å². The van der Waals surface area contributed by atoms with Gasteiger partial charge < -0.3 is 4.84 Å². The molecule has 0 aromatic carbocycles. The lowest BCUT2D eigenvalue weighted by Crippen LogP contribution is -1.98. The lowest BCUT2D eigenvalue weighted by atomic mass is 10.4. The van der Waals surface area contributed by atoms with Crippen molar-refractivity contribution in [2.75, 3.05) is 5.75 Å². The highest BCUT2D eigenvalue weighted by atomic mass is 32.2. The number of aliphatic imine (C=N–C) groups is 1. The Labute approximate surface area is 106 Å². The summed E-state index contributed by atoms with van der Waals surface area (Å²) >= 11 is 0. The molecule has 1 heterocycles. The summed E-state index contributed by atoms with van der Waals surface area (Å²) in [7, 11) is -0.864. The zero-order valence-corrected chi connectivity index (χ0v) is 11.0. The van der Waals surface area contributed by atoms with Gasteiger partial charge in [0.2, 0.25) is 0 Å². The van der Waals surface area contributed by atoms with Crippen molar-refractivity contribution in [3.63, 3.8) is 0 Å². The van der Waals surface area contributed by atoms with Crippen LogP contribution < -0.4 is 0 Å². The minimum atomic E-state index is -2.25. The summed E-state index contributed by atoms with van der Waals surface area (Å²) in [5.74, 6) is -1.06. The quantitative estimate of drug-likeness (QED) is 0.449. The molecule has 1 atom stereocenters. The van der Waals surface area contributed by atoms with Crippen LogP contribution in [0.5, 0.6) is 0 Å². The van der Waals surface area contributed by atoms with Crippen LogP contribution >= 0.6 is 10.9 Å². The van der Waals surface area contributed by atoms with Gasteiger partial charge >= 0.3 is 6.08 Å². The van der Waals surface area contributed by atoms with Crippen molar-refractivity contribution >= 4 is 22.7 Å². The Balaban J connectivity index is 2.47. The van der Waals surface area contributed by atoms with E-state index in [2.05, 4.69) is 10.1 Å². The Bertz CT molecular complexity index is 401. The molecule has 1 unspecified atom stereocenters. The summed E-state index contributed by atoms with van der Waals surface area (Å²) in [5, 5.41) is 3.75. The molecule has 0 saturated heterocycles. The second kappa shape index (κ2) is 7.25. The normalized spacial score (nSPS) is 20.6. The van der Waals surface area contributed by atoms with Gasteiger partial charge in [-0.1, -0.05) is 5.16 Å². The lowest BCUT2D eigenvalue weighted by molar-refractivity contribution is 0.0874. The van der Waals surface area contributed by atoms with Gasteiger partial charge in [-0.05, 0) is 19.6 Å². The van der Waals surface area contributed by atoms with Crippen LogP contribution in [0.4, 0.5) is 13.2 Å². The summed E-state index contributed by atoms with van der Waals surface area (Å²) < 4.78 is 36.5. The molecule has 0 aliphatic carbocycles. The molecule has 1 aliphatic heterocycles. The van der Waals surface area contributed by atoms with Gasteiger partial charge in [0.1, 0.15) is 6.10 Å². The van der Waals surface area contributed by atoms with Crippen LogP contribution in [0.25, 0.3) is 0 Å². The molecule has 0 bridgehead atoms. The minimum Gasteiger partial charge on any atom is -0.393 e. The molecule has 7 heteroatoms. The third kappa shape index (κ3) is 4.95. The first kappa shape index (κ1) is 14.8. The number of rotatable bonds is 6. The van der Waals surface area contributed by atoms with Crippen LogP contribution in [0.1, 0.15) is 20.3 Å². The summed E-state index contributed by atoms with van der Waals surface area (Å²) in [4.78, 5) is 9.72. The van der Waals surface area contributed by atoms with Crippen LogP contribution in [0.2, 0.25) is 0 Å². The second-order valence-electron chi connectivity index (χ2n) is 3.82. The Morgan fingerprint density at radius 2 is 2.22 bits per heavy atom. The predicted octanol–water partition coefficient (Wildman–Crippen LogP) is 3.75. The van der Waals surface area contributed by atoms with Gasteiger partial charge in [-0.3, -0.25) is 4.99 Å². The Morgan fingerprint density at radius 3 is 2.83 bits per heavy atom. The fourth-order valence-electron chi connectivity index (χ4n) is 1.14. The van der Waals surface area contributed by atoms with Crippen LogP contribution in [0.3, 0.4) is 0 Å². The number of allylic oxidation sites excluding steroid dienone is 2. The molecule has 0 radical (unpaired) electrons. The molecule has 102 valence electrons. The molecule has 0 amide bonds. The SMILES string of the molecule is CC(C)O/N=C\C1=CN=C[SH]1CCC(F)=C(F)F. The molecular weight excluding hydrogens is 265 g/mol. The van der Waals surface area contributed by atoms with E-state index in [1.54, 1.807) is 11.7 Å². The predicted molar refractivity (Wildman–Crippen MR) is 70.1 cm³/mol. The molecule has 0 aromatic rings. The largest absolute Gasteiger partial charge is 0.393 e. The van der Waals surface area contributed by atoms with Crippen LogP contribution in [0.15, 0.2) is 33.2 Å². The van der Waals surface area contributed by atoms with Crippen molar-refractivity contribution in [1.29, 1.82) is 0 Å². The molecule has 0 saturated carbocycles. The highest BCUT2D eigenvalue weighted by Crippen LogP contribution is 2.37.